The summed E-state index contributed by atoms with van der Waals surface area (Å²) >= 11 is 6.10. The van der Waals surface area contributed by atoms with Gasteiger partial charge in [0.25, 0.3) is 0 Å². The highest BCUT2D eigenvalue weighted by Crippen LogP contribution is 2.26. The molecule has 0 unspecified atom stereocenters. The Morgan fingerprint density at radius 3 is 2.92 bits per heavy atom. The first kappa shape index (κ1) is 16.3. The van der Waals surface area contributed by atoms with Gasteiger partial charge in [-0.15, -0.1) is 0 Å². The molecule has 1 aromatic carbocycles. The fourth-order valence-corrected chi connectivity index (χ4v) is 2.71. The van der Waals surface area contributed by atoms with E-state index >= 15 is 0 Å². The molecule has 0 saturated heterocycles. The van der Waals surface area contributed by atoms with Crippen LogP contribution >= 0.6 is 11.6 Å². The smallest absolute Gasteiger partial charge is 0.414 e. The van der Waals surface area contributed by atoms with Crippen LogP contribution in [-0.2, 0) is 4.74 Å². The molecule has 2 heterocycles. The minimum atomic E-state index is -0.362. The molecule has 0 bridgehead atoms. The third kappa shape index (κ3) is 2.92. The largest absolute Gasteiger partial charge is 0.449 e. The Hall–Kier alpha value is -2.60. The Morgan fingerprint density at radius 1 is 1.33 bits per heavy atom. The number of aromatic nitrogens is 3. The number of fused-ring (bicyclic) bond motifs is 1. The van der Waals surface area contributed by atoms with Gasteiger partial charge in [0.1, 0.15) is 5.02 Å². The molecular weight excluding hydrogens is 328 g/mol. The van der Waals surface area contributed by atoms with E-state index in [0.29, 0.717) is 23.8 Å². The van der Waals surface area contributed by atoms with E-state index in [4.69, 9.17) is 16.3 Å². The van der Waals surface area contributed by atoms with E-state index in [1.807, 2.05) is 37.3 Å². The normalized spacial score (nSPS) is 10.8. The lowest BCUT2D eigenvalue weighted by molar-refractivity contribution is 0.160. The summed E-state index contributed by atoms with van der Waals surface area (Å²) in [6.45, 7) is 4.55. The number of ether oxygens (including phenoxy) is 1. The average molecular weight is 345 g/mol. The van der Waals surface area contributed by atoms with Crippen molar-refractivity contribution in [1.29, 1.82) is 0 Å². The van der Waals surface area contributed by atoms with Gasteiger partial charge in [-0.3, -0.25) is 4.90 Å². The number of halogens is 1. The van der Waals surface area contributed by atoms with Crippen molar-refractivity contribution in [2.24, 2.45) is 0 Å². The van der Waals surface area contributed by atoms with Crippen molar-refractivity contribution in [3.05, 3.63) is 47.7 Å². The number of rotatable bonds is 4. The first-order valence-corrected chi connectivity index (χ1v) is 8.06. The Kier molecular flexibility index (Phi) is 4.66. The molecule has 3 rings (SSSR count). The van der Waals surface area contributed by atoms with Crippen LogP contribution in [0, 0.1) is 0 Å². The maximum atomic E-state index is 12.1. The lowest BCUT2D eigenvalue weighted by Crippen LogP contribution is -2.31. The van der Waals surface area contributed by atoms with E-state index in [2.05, 4.69) is 10.1 Å². The maximum Gasteiger partial charge on any atom is 0.414 e. The fraction of sp³-hybridized carbons (Fsp3) is 0.235. The van der Waals surface area contributed by atoms with E-state index in [0.717, 1.165) is 16.9 Å². The molecule has 0 N–H and O–H groups in total. The van der Waals surface area contributed by atoms with Gasteiger partial charge in [0.05, 0.1) is 18.5 Å². The van der Waals surface area contributed by atoms with Gasteiger partial charge >= 0.3 is 6.09 Å². The molecule has 124 valence electrons. The Bertz CT molecular complexity index is 878. The number of carbonyl (C=O) groups is 1. The Morgan fingerprint density at radius 2 is 2.17 bits per heavy atom. The second-order valence-electron chi connectivity index (χ2n) is 5.05. The van der Waals surface area contributed by atoms with Crippen LogP contribution in [0.4, 0.5) is 10.5 Å². The van der Waals surface area contributed by atoms with E-state index in [9.17, 15) is 4.79 Å². The van der Waals surface area contributed by atoms with Crippen molar-refractivity contribution < 1.29 is 9.53 Å². The van der Waals surface area contributed by atoms with Crippen molar-refractivity contribution in [3.8, 4) is 11.3 Å². The summed E-state index contributed by atoms with van der Waals surface area (Å²) in [5.41, 5.74) is 3.10. The first-order chi connectivity index (χ1) is 11.7. The van der Waals surface area contributed by atoms with Crippen molar-refractivity contribution >= 4 is 29.0 Å². The van der Waals surface area contributed by atoms with Crippen LogP contribution in [0.1, 0.15) is 13.8 Å². The van der Waals surface area contributed by atoms with Gasteiger partial charge in [-0.05, 0) is 32.0 Å². The second kappa shape index (κ2) is 6.88. The van der Waals surface area contributed by atoms with Crippen LogP contribution in [0.25, 0.3) is 16.9 Å². The minimum Gasteiger partial charge on any atom is -0.449 e. The summed E-state index contributed by atoms with van der Waals surface area (Å²) in [5, 5.41) is 4.77. The van der Waals surface area contributed by atoms with Crippen LogP contribution in [0.2, 0.25) is 5.02 Å². The van der Waals surface area contributed by atoms with Gasteiger partial charge in [-0.1, -0.05) is 23.7 Å². The summed E-state index contributed by atoms with van der Waals surface area (Å²) in [5.74, 6) is 0. The molecule has 2 aromatic heterocycles. The summed E-state index contributed by atoms with van der Waals surface area (Å²) in [6.07, 6.45) is 2.89. The zero-order chi connectivity index (χ0) is 17.1. The molecule has 0 aliphatic carbocycles. The van der Waals surface area contributed by atoms with Crippen LogP contribution in [0.5, 0.6) is 0 Å². The minimum absolute atomic E-state index is 0.339. The SMILES string of the molecule is CCOC(=O)N(CC)c1cccc(-c2ccnc3c(Cl)cnn23)c1. The van der Waals surface area contributed by atoms with Crippen molar-refractivity contribution in [3.63, 3.8) is 0 Å². The molecule has 3 aromatic rings. The van der Waals surface area contributed by atoms with E-state index in [-0.39, 0.29) is 6.09 Å². The maximum absolute atomic E-state index is 12.1. The third-order valence-corrected chi connectivity index (χ3v) is 3.88. The van der Waals surface area contributed by atoms with Gasteiger partial charge in [0.15, 0.2) is 5.65 Å². The van der Waals surface area contributed by atoms with Gasteiger partial charge in [0.2, 0.25) is 0 Å². The number of amides is 1. The lowest BCUT2D eigenvalue weighted by atomic mass is 10.1. The number of nitrogens with zero attached hydrogens (tertiary/aromatic N) is 4. The highest BCUT2D eigenvalue weighted by atomic mass is 35.5. The van der Waals surface area contributed by atoms with Crippen molar-refractivity contribution in [1.82, 2.24) is 14.6 Å². The van der Waals surface area contributed by atoms with Gasteiger partial charge in [-0.2, -0.15) is 5.10 Å². The monoisotopic (exact) mass is 344 g/mol. The number of benzene rings is 1. The van der Waals surface area contributed by atoms with Crippen LogP contribution < -0.4 is 4.90 Å². The van der Waals surface area contributed by atoms with E-state index < -0.39 is 0 Å². The van der Waals surface area contributed by atoms with Crippen molar-refractivity contribution in [2.75, 3.05) is 18.1 Å². The molecule has 0 aliphatic heterocycles. The number of carbonyl (C=O) groups excluding carboxylic acids is 1. The standard InChI is InChI=1S/C17H17ClN4O2/c1-3-21(17(23)24-4-2)13-7-5-6-12(10-13)15-8-9-19-16-14(18)11-20-22(15)16/h5-11H,3-4H2,1-2H3. The van der Waals surface area contributed by atoms with Gasteiger partial charge in [0, 0.05) is 24.0 Å². The molecule has 24 heavy (non-hydrogen) atoms. The molecule has 6 nitrogen and oxygen atoms in total. The molecule has 0 saturated carbocycles. The number of hydrogen-bond donors (Lipinski definition) is 0. The zero-order valence-corrected chi connectivity index (χ0v) is 14.2. The van der Waals surface area contributed by atoms with Crippen molar-refractivity contribution in [2.45, 2.75) is 13.8 Å². The molecule has 7 heteroatoms. The van der Waals surface area contributed by atoms with Crippen LogP contribution in [0.15, 0.2) is 42.7 Å². The summed E-state index contributed by atoms with van der Waals surface area (Å²) < 4.78 is 6.79. The molecule has 0 radical (unpaired) electrons. The molecular formula is C17H17ClN4O2. The van der Waals surface area contributed by atoms with Gasteiger partial charge in [-0.25, -0.2) is 14.3 Å². The molecule has 0 spiro atoms. The quantitative estimate of drug-likeness (QED) is 0.716. The fourth-order valence-electron chi connectivity index (χ4n) is 2.53. The highest BCUT2D eigenvalue weighted by molar-refractivity contribution is 6.33. The molecule has 0 atom stereocenters. The summed E-state index contributed by atoms with van der Waals surface area (Å²) in [7, 11) is 0. The second-order valence-corrected chi connectivity index (χ2v) is 5.46. The predicted octanol–water partition coefficient (Wildman–Crippen LogP) is 4.03. The lowest BCUT2D eigenvalue weighted by Gasteiger charge is -2.20. The van der Waals surface area contributed by atoms with E-state index in [1.54, 1.807) is 28.7 Å². The molecule has 0 fully saturated rings. The zero-order valence-electron chi connectivity index (χ0n) is 13.4. The van der Waals surface area contributed by atoms with Crippen LogP contribution in [-0.4, -0.2) is 33.8 Å². The molecule has 1 amide bonds. The number of hydrogen-bond acceptors (Lipinski definition) is 4. The topological polar surface area (TPSA) is 59.7 Å². The predicted molar refractivity (Wildman–Crippen MR) is 93.5 cm³/mol. The summed E-state index contributed by atoms with van der Waals surface area (Å²) in [4.78, 5) is 17.9. The first-order valence-electron chi connectivity index (χ1n) is 7.68. The highest BCUT2D eigenvalue weighted by Gasteiger charge is 2.16. The molecule has 0 aliphatic rings. The Labute approximate surface area is 144 Å². The summed E-state index contributed by atoms with van der Waals surface area (Å²) in [6, 6.07) is 9.50. The average Bonchev–Trinajstić information content (AvgIpc) is 2.97. The third-order valence-electron chi connectivity index (χ3n) is 3.62. The number of anilines is 1. The Balaban J connectivity index is 2.05. The van der Waals surface area contributed by atoms with Crippen LogP contribution in [0.3, 0.4) is 0 Å². The van der Waals surface area contributed by atoms with E-state index in [1.165, 1.54) is 0 Å². The van der Waals surface area contributed by atoms with Gasteiger partial charge < -0.3 is 4.74 Å².